The molecule has 0 aliphatic heterocycles. The van der Waals surface area contributed by atoms with E-state index < -0.39 is 23.4 Å². The third-order valence-corrected chi connectivity index (χ3v) is 4.00. The molecule has 8 heteroatoms. The van der Waals surface area contributed by atoms with Gasteiger partial charge in [-0.15, -0.1) is 0 Å². The monoisotopic (exact) mass is 390 g/mol. The van der Waals surface area contributed by atoms with Gasteiger partial charge < -0.3 is 14.8 Å². The lowest BCUT2D eigenvalue weighted by Crippen LogP contribution is -2.24. The first-order chi connectivity index (χ1) is 13.4. The third-order valence-electron chi connectivity index (χ3n) is 4.00. The van der Waals surface area contributed by atoms with Crippen LogP contribution in [0.25, 0.3) is 10.9 Å². The highest BCUT2D eigenvalue weighted by Gasteiger charge is 2.24. The van der Waals surface area contributed by atoms with Gasteiger partial charge in [-0.25, -0.2) is 18.2 Å². The second-order valence-corrected chi connectivity index (χ2v) is 5.85. The van der Waals surface area contributed by atoms with Crippen molar-refractivity contribution in [3.8, 4) is 11.6 Å². The van der Waals surface area contributed by atoms with Crippen molar-refractivity contribution >= 4 is 16.8 Å². The van der Waals surface area contributed by atoms with E-state index in [0.29, 0.717) is 5.56 Å². The van der Waals surface area contributed by atoms with E-state index in [1.54, 1.807) is 13.0 Å². The van der Waals surface area contributed by atoms with E-state index in [0.717, 1.165) is 12.1 Å². The summed E-state index contributed by atoms with van der Waals surface area (Å²) in [6.45, 7) is 1.93. The summed E-state index contributed by atoms with van der Waals surface area (Å²) in [6, 6.07) is 7.58. The molecule has 0 fully saturated rings. The fraction of sp³-hybridized carbons (Fsp3) is 0.200. The van der Waals surface area contributed by atoms with Gasteiger partial charge in [-0.2, -0.15) is 0 Å². The highest BCUT2D eigenvalue weighted by atomic mass is 19.2. The Hall–Kier alpha value is -3.29. The summed E-state index contributed by atoms with van der Waals surface area (Å²) in [7, 11) is 1.30. The first kappa shape index (κ1) is 19.5. The minimum atomic E-state index is -1.09. The number of amides is 1. The molecule has 1 aromatic heterocycles. The Morgan fingerprint density at radius 1 is 1.14 bits per heavy atom. The van der Waals surface area contributed by atoms with Crippen LogP contribution in [0.1, 0.15) is 22.8 Å². The molecule has 28 heavy (non-hydrogen) atoms. The van der Waals surface area contributed by atoms with Gasteiger partial charge in [0.25, 0.3) is 5.91 Å². The van der Waals surface area contributed by atoms with E-state index in [1.807, 2.05) is 0 Å². The van der Waals surface area contributed by atoms with Gasteiger partial charge in [-0.3, -0.25) is 4.79 Å². The second kappa shape index (κ2) is 8.16. The minimum Gasteiger partial charge on any atom is -0.495 e. The predicted molar refractivity (Wildman–Crippen MR) is 97.0 cm³/mol. The van der Waals surface area contributed by atoms with Crippen LogP contribution in [0.4, 0.5) is 13.2 Å². The smallest absolute Gasteiger partial charge is 0.260 e. The van der Waals surface area contributed by atoms with Crippen molar-refractivity contribution in [1.29, 1.82) is 0 Å². The number of fused-ring (bicyclic) bond motifs is 1. The lowest BCUT2D eigenvalue weighted by atomic mass is 10.1. The summed E-state index contributed by atoms with van der Waals surface area (Å²) in [4.78, 5) is 16.9. The summed E-state index contributed by atoms with van der Waals surface area (Å²) in [5.41, 5.74) is 0.576. The van der Waals surface area contributed by atoms with Crippen LogP contribution < -0.4 is 14.8 Å². The minimum absolute atomic E-state index is 0.00379. The second-order valence-electron chi connectivity index (χ2n) is 5.85. The molecule has 0 atom stereocenters. The van der Waals surface area contributed by atoms with Crippen molar-refractivity contribution in [3.63, 3.8) is 0 Å². The third kappa shape index (κ3) is 3.85. The maximum atomic E-state index is 13.7. The fourth-order valence-electron chi connectivity index (χ4n) is 2.78. The average molecular weight is 390 g/mol. The van der Waals surface area contributed by atoms with Crippen LogP contribution in [0.3, 0.4) is 0 Å². The van der Waals surface area contributed by atoms with Crippen molar-refractivity contribution in [2.75, 3.05) is 13.7 Å². The van der Waals surface area contributed by atoms with Gasteiger partial charge in [0.15, 0.2) is 11.6 Å². The Kier molecular flexibility index (Phi) is 5.67. The summed E-state index contributed by atoms with van der Waals surface area (Å²) in [6.07, 6.45) is 0. The van der Waals surface area contributed by atoms with Crippen LogP contribution >= 0.6 is 0 Å². The van der Waals surface area contributed by atoms with Crippen molar-refractivity contribution in [3.05, 3.63) is 65.0 Å². The van der Waals surface area contributed by atoms with Crippen LogP contribution in [-0.4, -0.2) is 24.6 Å². The first-order valence-corrected chi connectivity index (χ1v) is 8.46. The molecule has 1 heterocycles. The van der Waals surface area contributed by atoms with Crippen LogP contribution in [0.5, 0.6) is 11.6 Å². The fourth-order valence-corrected chi connectivity index (χ4v) is 2.78. The molecule has 5 nitrogen and oxygen atoms in total. The SMILES string of the molecule is CCOc1nc2cc(F)c(F)cc2c(OC)c1C(=O)NCc1cccc(F)c1. The number of carbonyl (C=O) groups excluding carboxylic acids is 1. The number of pyridine rings is 1. The largest absolute Gasteiger partial charge is 0.495 e. The van der Waals surface area contributed by atoms with E-state index in [1.165, 1.54) is 25.3 Å². The number of rotatable bonds is 6. The molecule has 1 N–H and O–H groups in total. The Bertz CT molecular complexity index is 1040. The molecule has 0 saturated heterocycles. The number of nitrogens with one attached hydrogen (secondary N) is 1. The number of hydrogen-bond acceptors (Lipinski definition) is 4. The molecule has 0 unspecified atom stereocenters. The van der Waals surface area contributed by atoms with Gasteiger partial charge in [0, 0.05) is 18.0 Å². The quantitative estimate of drug-likeness (QED) is 0.692. The van der Waals surface area contributed by atoms with E-state index in [4.69, 9.17) is 9.47 Å². The van der Waals surface area contributed by atoms with E-state index >= 15 is 0 Å². The van der Waals surface area contributed by atoms with Crippen molar-refractivity contribution in [2.24, 2.45) is 0 Å². The topological polar surface area (TPSA) is 60.5 Å². The number of carbonyl (C=O) groups is 1. The average Bonchev–Trinajstić information content (AvgIpc) is 2.67. The highest BCUT2D eigenvalue weighted by molar-refractivity contribution is 6.04. The molecule has 0 aliphatic carbocycles. The van der Waals surface area contributed by atoms with Gasteiger partial charge in [0.2, 0.25) is 5.88 Å². The molecule has 0 radical (unpaired) electrons. The number of hydrogen-bond donors (Lipinski definition) is 1. The number of nitrogens with zero attached hydrogens (tertiary/aromatic N) is 1. The number of aromatic nitrogens is 1. The number of methoxy groups -OCH3 is 1. The Morgan fingerprint density at radius 2 is 1.89 bits per heavy atom. The molecule has 3 rings (SSSR count). The summed E-state index contributed by atoms with van der Waals surface area (Å²) in [5.74, 6) is -3.28. The zero-order valence-corrected chi connectivity index (χ0v) is 15.2. The maximum Gasteiger partial charge on any atom is 0.260 e. The summed E-state index contributed by atoms with van der Waals surface area (Å²) < 4.78 is 51.4. The molecule has 0 saturated carbocycles. The highest BCUT2D eigenvalue weighted by Crippen LogP contribution is 2.35. The Balaban J connectivity index is 2.05. The zero-order chi connectivity index (χ0) is 20.3. The molecule has 2 aromatic carbocycles. The molecule has 0 aliphatic rings. The molecular formula is C20H17F3N2O3. The lowest BCUT2D eigenvalue weighted by molar-refractivity contribution is 0.0943. The molecule has 146 valence electrons. The number of benzene rings is 2. The standard InChI is InChI=1S/C20H17F3N2O3/c1-3-28-20-17(19(26)24-10-11-5-4-6-12(21)7-11)18(27-2)13-8-14(22)15(23)9-16(13)25-20/h4-9H,3,10H2,1-2H3,(H,24,26). The molecule has 1 amide bonds. The van der Waals surface area contributed by atoms with Crippen LogP contribution in [0, 0.1) is 17.5 Å². The maximum absolute atomic E-state index is 13.7. The summed E-state index contributed by atoms with van der Waals surface area (Å²) >= 11 is 0. The first-order valence-electron chi connectivity index (χ1n) is 8.46. The molecule has 3 aromatic rings. The zero-order valence-electron chi connectivity index (χ0n) is 15.2. The van der Waals surface area contributed by atoms with E-state index in [2.05, 4.69) is 10.3 Å². The van der Waals surface area contributed by atoms with Crippen LogP contribution in [0.2, 0.25) is 0 Å². The normalized spacial score (nSPS) is 10.8. The molecule has 0 spiro atoms. The van der Waals surface area contributed by atoms with Crippen molar-refractivity contribution in [1.82, 2.24) is 10.3 Å². The van der Waals surface area contributed by atoms with Crippen LogP contribution in [0.15, 0.2) is 36.4 Å². The van der Waals surface area contributed by atoms with Crippen molar-refractivity contribution in [2.45, 2.75) is 13.5 Å². The van der Waals surface area contributed by atoms with Crippen molar-refractivity contribution < 1.29 is 27.4 Å². The van der Waals surface area contributed by atoms with Gasteiger partial charge in [0.05, 0.1) is 19.2 Å². The van der Waals surface area contributed by atoms with E-state index in [-0.39, 0.29) is 41.2 Å². The van der Waals surface area contributed by atoms with Gasteiger partial charge in [0.1, 0.15) is 17.1 Å². The molecular weight excluding hydrogens is 373 g/mol. The van der Waals surface area contributed by atoms with Gasteiger partial charge >= 0.3 is 0 Å². The molecule has 0 bridgehead atoms. The predicted octanol–water partition coefficient (Wildman–Crippen LogP) is 3.99. The Labute approximate surface area is 159 Å². The number of ether oxygens (including phenoxy) is 2. The Morgan fingerprint density at radius 3 is 2.57 bits per heavy atom. The van der Waals surface area contributed by atoms with Crippen LogP contribution in [-0.2, 0) is 6.54 Å². The van der Waals surface area contributed by atoms with Gasteiger partial charge in [-0.05, 0) is 30.7 Å². The van der Waals surface area contributed by atoms with Gasteiger partial charge in [-0.1, -0.05) is 12.1 Å². The summed E-state index contributed by atoms with van der Waals surface area (Å²) in [5, 5.41) is 2.76. The lowest BCUT2D eigenvalue weighted by Gasteiger charge is -2.16. The number of halogens is 3. The van der Waals surface area contributed by atoms with E-state index in [9.17, 15) is 18.0 Å².